The number of benzene rings is 3. The summed E-state index contributed by atoms with van der Waals surface area (Å²) in [6, 6.07) is 24.1. The number of carbonyl (C=O) groups excluding carboxylic acids is 3. The second-order valence-corrected chi connectivity index (χ2v) is 11.8. The smallest absolute Gasteiger partial charge is 0.410 e. The van der Waals surface area contributed by atoms with E-state index in [0.29, 0.717) is 48.6 Å². The van der Waals surface area contributed by atoms with E-state index in [2.05, 4.69) is 11.4 Å². The number of rotatable bonds is 11. The zero-order valence-corrected chi connectivity index (χ0v) is 25.9. The first-order chi connectivity index (χ1) is 21.6. The highest BCUT2D eigenvalue weighted by atomic mass is 16.6. The van der Waals surface area contributed by atoms with E-state index in [9.17, 15) is 19.6 Å². The minimum atomic E-state index is -0.697. The van der Waals surface area contributed by atoms with Gasteiger partial charge < -0.3 is 29.2 Å². The molecule has 1 atom stereocenters. The molecule has 0 aliphatic carbocycles. The highest BCUT2D eigenvalue weighted by Gasteiger charge is 2.28. The molecule has 10 heteroatoms. The molecular weight excluding hydrogens is 574 g/mol. The van der Waals surface area contributed by atoms with Gasteiger partial charge in [0.15, 0.2) is 0 Å². The standard InChI is InChI=1S/C35H39N3O7/c1-35(2,3)45-34(41)38-18-16-30(17-19-38)44-29-14-12-27(13-15-29)33(40)37-28(24-42-31-11-7-10-26(20-31)22-36)21-32(39)43-23-25-8-5-4-6-9-25/h4-15,20,28,30H,16-19,21,23-24H2,1-3H3,(H,37,40)/t28-/m1/s1. The molecule has 1 fully saturated rings. The van der Waals surface area contributed by atoms with Gasteiger partial charge >= 0.3 is 12.1 Å². The van der Waals surface area contributed by atoms with Crippen molar-refractivity contribution in [2.24, 2.45) is 0 Å². The number of likely N-dealkylation sites (tertiary alicyclic amines) is 1. The molecule has 1 aliphatic heterocycles. The first kappa shape index (κ1) is 32.9. The van der Waals surface area contributed by atoms with Crippen LogP contribution in [-0.2, 0) is 20.9 Å². The highest BCUT2D eigenvalue weighted by Crippen LogP contribution is 2.21. The number of hydrogen-bond acceptors (Lipinski definition) is 8. The molecule has 0 spiro atoms. The van der Waals surface area contributed by atoms with Crippen molar-refractivity contribution in [2.45, 2.75) is 64.4 Å². The third-order valence-corrected chi connectivity index (χ3v) is 6.92. The average molecular weight is 614 g/mol. The highest BCUT2D eigenvalue weighted by molar-refractivity contribution is 5.94. The lowest BCUT2D eigenvalue weighted by Crippen LogP contribution is -2.44. The van der Waals surface area contributed by atoms with Crippen molar-refractivity contribution in [2.75, 3.05) is 19.7 Å². The zero-order valence-electron chi connectivity index (χ0n) is 25.9. The fraction of sp³-hybridized carbons (Fsp3) is 0.371. The van der Waals surface area contributed by atoms with Crippen molar-refractivity contribution >= 4 is 18.0 Å². The van der Waals surface area contributed by atoms with Crippen LogP contribution < -0.4 is 14.8 Å². The van der Waals surface area contributed by atoms with E-state index in [1.807, 2.05) is 51.1 Å². The minimum absolute atomic E-state index is 0.00968. The van der Waals surface area contributed by atoms with Crippen LogP contribution in [0.2, 0.25) is 0 Å². The first-order valence-corrected chi connectivity index (χ1v) is 15.0. The number of nitrogens with one attached hydrogen (secondary N) is 1. The van der Waals surface area contributed by atoms with Gasteiger partial charge in [0.2, 0.25) is 0 Å². The Morgan fingerprint density at radius 3 is 2.33 bits per heavy atom. The van der Waals surface area contributed by atoms with Crippen molar-refractivity contribution < 1.29 is 33.3 Å². The number of ether oxygens (including phenoxy) is 4. The fourth-order valence-corrected chi connectivity index (χ4v) is 4.63. The number of nitriles is 1. The Morgan fingerprint density at radius 2 is 1.67 bits per heavy atom. The predicted octanol–water partition coefficient (Wildman–Crippen LogP) is 5.65. The van der Waals surface area contributed by atoms with Crippen LogP contribution >= 0.6 is 0 Å². The summed E-state index contributed by atoms with van der Waals surface area (Å²) in [5.41, 5.74) is 1.13. The monoisotopic (exact) mass is 613 g/mol. The SMILES string of the molecule is CC(C)(C)OC(=O)N1CCC(Oc2ccc(C(=O)N[C@@H](COc3cccc(C#N)c3)CC(=O)OCc3ccccc3)cc2)CC1. The number of carbonyl (C=O) groups is 3. The molecule has 1 aliphatic rings. The normalized spacial score (nSPS) is 14.0. The molecular formula is C35H39N3O7. The lowest BCUT2D eigenvalue weighted by Gasteiger charge is -2.33. The van der Waals surface area contributed by atoms with E-state index in [1.165, 1.54) is 0 Å². The lowest BCUT2D eigenvalue weighted by atomic mass is 10.1. The molecule has 4 rings (SSSR count). The average Bonchev–Trinajstić information content (AvgIpc) is 3.03. The fourth-order valence-electron chi connectivity index (χ4n) is 4.63. The van der Waals surface area contributed by atoms with Crippen molar-refractivity contribution in [1.29, 1.82) is 5.26 Å². The van der Waals surface area contributed by atoms with Crippen LogP contribution in [0.15, 0.2) is 78.9 Å². The third-order valence-electron chi connectivity index (χ3n) is 6.92. The number of piperidine rings is 1. The molecule has 0 unspecified atom stereocenters. The van der Waals surface area contributed by atoms with E-state index >= 15 is 0 Å². The van der Waals surface area contributed by atoms with Gasteiger partial charge in [-0.25, -0.2) is 4.79 Å². The Labute approximate surface area is 263 Å². The maximum atomic E-state index is 13.2. The van der Waals surface area contributed by atoms with Crippen LogP contribution in [0.5, 0.6) is 11.5 Å². The summed E-state index contributed by atoms with van der Waals surface area (Å²) in [7, 11) is 0. The summed E-state index contributed by atoms with van der Waals surface area (Å²) in [6.07, 6.45) is 0.841. The lowest BCUT2D eigenvalue weighted by molar-refractivity contribution is -0.145. The Hall–Kier alpha value is -5.04. The molecule has 0 bridgehead atoms. The molecule has 236 valence electrons. The van der Waals surface area contributed by atoms with Crippen LogP contribution in [0.4, 0.5) is 4.79 Å². The van der Waals surface area contributed by atoms with Gasteiger partial charge in [-0.15, -0.1) is 0 Å². The Kier molecular flexibility index (Phi) is 11.4. The van der Waals surface area contributed by atoms with Crippen molar-refractivity contribution in [3.63, 3.8) is 0 Å². The summed E-state index contributed by atoms with van der Waals surface area (Å²) in [6.45, 7) is 6.72. The Morgan fingerprint density at radius 1 is 0.956 bits per heavy atom. The van der Waals surface area contributed by atoms with Gasteiger partial charge in [0.25, 0.3) is 5.91 Å². The van der Waals surface area contributed by atoms with Crippen LogP contribution in [-0.4, -0.2) is 60.3 Å². The van der Waals surface area contributed by atoms with Crippen molar-refractivity contribution in [3.05, 3.63) is 95.6 Å². The van der Waals surface area contributed by atoms with Crippen molar-refractivity contribution in [3.8, 4) is 17.6 Å². The third kappa shape index (κ3) is 10.9. The van der Waals surface area contributed by atoms with Gasteiger partial charge in [-0.05, 0) is 68.8 Å². The van der Waals surface area contributed by atoms with Gasteiger partial charge in [0.05, 0.1) is 24.1 Å². The molecule has 0 saturated carbocycles. The molecule has 1 N–H and O–H groups in total. The maximum Gasteiger partial charge on any atom is 0.410 e. The number of hydrogen-bond donors (Lipinski definition) is 1. The van der Waals surface area contributed by atoms with Crippen LogP contribution in [0, 0.1) is 11.3 Å². The Bertz CT molecular complexity index is 1470. The summed E-state index contributed by atoms with van der Waals surface area (Å²) in [4.78, 5) is 39.9. The van der Waals surface area contributed by atoms with E-state index in [1.54, 1.807) is 53.4 Å². The number of nitrogens with zero attached hydrogens (tertiary/aromatic N) is 2. The second-order valence-electron chi connectivity index (χ2n) is 11.8. The summed E-state index contributed by atoms with van der Waals surface area (Å²) in [5.74, 6) is 0.191. The van der Waals surface area contributed by atoms with Crippen molar-refractivity contribution in [1.82, 2.24) is 10.2 Å². The first-order valence-electron chi connectivity index (χ1n) is 15.0. The van der Waals surface area contributed by atoms with E-state index in [4.69, 9.17) is 18.9 Å². The zero-order chi connectivity index (χ0) is 32.2. The number of amides is 2. The molecule has 2 amide bonds. The number of esters is 1. The van der Waals surface area contributed by atoms with E-state index < -0.39 is 17.6 Å². The second kappa shape index (κ2) is 15.6. The van der Waals surface area contributed by atoms with Gasteiger partial charge in [0.1, 0.15) is 36.4 Å². The molecule has 1 heterocycles. The predicted molar refractivity (Wildman–Crippen MR) is 167 cm³/mol. The van der Waals surface area contributed by atoms with Gasteiger partial charge in [-0.3, -0.25) is 9.59 Å². The van der Waals surface area contributed by atoms with E-state index in [-0.39, 0.29) is 37.7 Å². The molecule has 0 aromatic heterocycles. The minimum Gasteiger partial charge on any atom is -0.491 e. The quantitative estimate of drug-likeness (QED) is 0.275. The van der Waals surface area contributed by atoms with Gasteiger partial charge in [0, 0.05) is 31.5 Å². The molecule has 45 heavy (non-hydrogen) atoms. The van der Waals surface area contributed by atoms with Crippen LogP contribution in [0.1, 0.15) is 61.5 Å². The molecule has 1 saturated heterocycles. The molecule has 3 aromatic carbocycles. The largest absolute Gasteiger partial charge is 0.491 e. The topological polar surface area (TPSA) is 127 Å². The summed E-state index contributed by atoms with van der Waals surface area (Å²) >= 11 is 0. The van der Waals surface area contributed by atoms with Crippen LogP contribution in [0.3, 0.4) is 0 Å². The van der Waals surface area contributed by atoms with Crippen LogP contribution in [0.25, 0.3) is 0 Å². The summed E-state index contributed by atoms with van der Waals surface area (Å²) < 4.78 is 22.8. The molecule has 0 radical (unpaired) electrons. The Balaban J connectivity index is 1.32. The maximum absolute atomic E-state index is 13.2. The summed E-state index contributed by atoms with van der Waals surface area (Å²) in [5, 5.41) is 12.1. The molecule has 3 aromatic rings. The van der Waals surface area contributed by atoms with Gasteiger partial charge in [-0.2, -0.15) is 5.26 Å². The van der Waals surface area contributed by atoms with Gasteiger partial charge in [-0.1, -0.05) is 36.4 Å². The molecule has 10 nitrogen and oxygen atoms in total. The van der Waals surface area contributed by atoms with E-state index in [0.717, 1.165) is 5.56 Å².